The molecule has 6 nitrogen and oxygen atoms in total. The highest BCUT2D eigenvalue weighted by atomic mass is 79.9. The molecule has 6 rings (SSSR count). The summed E-state index contributed by atoms with van der Waals surface area (Å²) in [5.74, 6) is 1.18. The molecular weight excluding hydrogens is 562 g/mol. The van der Waals surface area contributed by atoms with Crippen LogP contribution in [0.2, 0.25) is 0 Å². The van der Waals surface area contributed by atoms with Crippen LogP contribution in [-0.4, -0.2) is 53.6 Å². The van der Waals surface area contributed by atoms with E-state index < -0.39 is 0 Å². The lowest BCUT2D eigenvalue weighted by Gasteiger charge is -2.32. The second kappa shape index (κ2) is 11.9. The number of halogens is 1. The van der Waals surface area contributed by atoms with Gasteiger partial charge in [-0.25, -0.2) is 4.98 Å². The Balaban J connectivity index is 1.04. The summed E-state index contributed by atoms with van der Waals surface area (Å²) >= 11 is 3.66. The van der Waals surface area contributed by atoms with Gasteiger partial charge in [-0.2, -0.15) is 0 Å². The Morgan fingerprint density at radius 2 is 1.57 bits per heavy atom. The van der Waals surface area contributed by atoms with Gasteiger partial charge in [0.1, 0.15) is 5.65 Å². The predicted molar refractivity (Wildman–Crippen MR) is 166 cm³/mol. The van der Waals surface area contributed by atoms with Crippen molar-refractivity contribution in [2.75, 3.05) is 38.1 Å². The summed E-state index contributed by atoms with van der Waals surface area (Å²) in [7, 11) is 3.98. The van der Waals surface area contributed by atoms with Crippen molar-refractivity contribution >= 4 is 38.6 Å². The van der Waals surface area contributed by atoms with Crippen molar-refractivity contribution in [1.82, 2.24) is 19.8 Å². The van der Waals surface area contributed by atoms with Crippen molar-refractivity contribution in [2.45, 2.75) is 44.1 Å². The molecule has 2 aromatic carbocycles. The van der Waals surface area contributed by atoms with Gasteiger partial charge in [-0.05, 0) is 127 Å². The third-order valence-corrected chi connectivity index (χ3v) is 9.66. The van der Waals surface area contributed by atoms with Crippen LogP contribution in [0.4, 0.5) is 5.69 Å². The Labute approximate surface area is 245 Å². The molecule has 40 heavy (non-hydrogen) atoms. The molecule has 0 saturated carbocycles. The molecule has 208 valence electrons. The van der Waals surface area contributed by atoms with Crippen molar-refractivity contribution in [3.05, 3.63) is 93.7 Å². The molecule has 4 heterocycles. The summed E-state index contributed by atoms with van der Waals surface area (Å²) in [4.78, 5) is 22.1. The van der Waals surface area contributed by atoms with Crippen LogP contribution in [0, 0.1) is 0 Å². The molecular formula is C33H38BrN5O. The number of piperidine rings is 2. The van der Waals surface area contributed by atoms with Gasteiger partial charge in [-0.15, -0.1) is 0 Å². The molecule has 0 spiro atoms. The number of aromatic nitrogens is 2. The number of aryl methyl sites for hydroxylation is 1. The number of carbonyl (C=O) groups is 1. The standard InChI is InChI=1S/C33H38BrN5O/c1-37-29(21-30-31(34)13-18-36-32(30)37)22-39-19-14-26(15-20-39)23-3-5-27(6-4-23)33(40)38(2)28-9-7-24(8-10-28)25-11-16-35-17-12-25/h3-10,13,18,21,25-26,35H,11-12,14-17,19-20,22H2,1-2H3. The molecule has 7 heteroatoms. The minimum Gasteiger partial charge on any atom is -0.331 e. The van der Waals surface area contributed by atoms with E-state index in [1.165, 1.54) is 35.0 Å². The van der Waals surface area contributed by atoms with E-state index in [0.29, 0.717) is 11.8 Å². The Morgan fingerprint density at radius 3 is 2.23 bits per heavy atom. The van der Waals surface area contributed by atoms with E-state index in [0.717, 1.165) is 66.9 Å². The van der Waals surface area contributed by atoms with E-state index in [1.54, 1.807) is 4.90 Å². The zero-order chi connectivity index (χ0) is 27.6. The highest BCUT2D eigenvalue weighted by molar-refractivity contribution is 9.10. The number of hydrogen-bond acceptors (Lipinski definition) is 4. The number of likely N-dealkylation sites (tertiary alicyclic amines) is 1. The van der Waals surface area contributed by atoms with Gasteiger partial charge in [0, 0.05) is 53.6 Å². The summed E-state index contributed by atoms with van der Waals surface area (Å²) in [5, 5.41) is 4.60. The maximum Gasteiger partial charge on any atom is 0.258 e. The zero-order valence-electron chi connectivity index (χ0n) is 23.4. The molecule has 2 saturated heterocycles. The second-order valence-electron chi connectivity index (χ2n) is 11.4. The van der Waals surface area contributed by atoms with Crippen LogP contribution in [0.25, 0.3) is 11.0 Å². The molecule has 0 bridgehead atoms. The van der Waals surface area contributed by atoms with Gasteiger partial charge in [-0.1, -0.05) is 24.3 Å². The lowest BCUT2D eigenvalue weighted by Crippen LogP contribution is -2.33. The van der Waals surface area contributed by atoms with Crippen LogP contribution in [0.1, 0.15) is 64.7 Å². The van der Waals surface area contributed by atoms with E-state index in [9.17, 15) is 4.79 Å². The average Bonchev–Trinajstić information content (AvgIpc) is 3.33. The molecule has 4 aromatic rings. The molecule has 2 fully saturated rings. The van der Waals surface area contributed by atoms with Gasteiger partial charge in [0.25, 0.3) is 5.91 Å². The van der Waals surface area contributed by atoms with E-state index >= 15 is 0 Å². The molecule has 1 N–H and O–H groups in total. The van der Waals surface area contributed by atoms with Crippen LogP contribution in [-0.2, 0) is 13.6 Å². The molecule has 2 aliphatic heterocycles. The lowest BCUT2D eigenvalue weighted by molar-refractivity contribution is 0.0993. The number of fused-ring (bicyclic) bond motifs is 1. The van der Waals surface area contributed by atoms with Crippen LogP contribution < -0.4 is 10.2 Å². The minimum atomic E-state index is 0.0343. The smallest absolute Gasteiger partial charge is 0.258 e. The van der Waals surface area contributed by atoms with Crippen LogP contribution in [0.3, 0.4) is 0 Å². The number of anilines is 1. The first-order chi connectivity index (χ1) is 19.5. The number of amides is 1. The van der Waals surface area contributed by atoms with Crippen molar-refractivity contribution in [2.24, 2.45) is 7.05 Å². The van der Waals surface area contributed by atoms with E-state index in [2.05, 4.69) is 85.2 Å². The Hall–Kier alpha value is -3.00. The van der Waals surface area contributed by atoms with E-state index in [1.807, 2.05) is 31.4 Å². The summed E-state index contributed by atoms with van der Waals surface area (Å²) in [6.45, 7) is 5.24. The quantitative estimate of drug-likeness (QED) is 0.276. The first kappa shape index (κ1) is 27.2. The van der Waals surface area contributed by atoms with Crippen molar-refractivity contribution in [3.63, 3.8) is 0 Å². The summed E-state index contributed by atoms with van der Waals surface area (Å²) in [5.41, 5.74) is 6.70. The van der Waals surface area contributed by atoms with Gasteiger partial charge in [0.05, 0.1) is 0 Å². The molecule has 2 aromatic heterocycles. The summed E-state index contributed by atoms with van der Waals surface area (Å²) < 4.78 is 3.30. The number of nitrogens with one attached hydrogen (secondary N) is 1. The fourth-order valence-corrected chi connectivity index (χ4v) is 6.79. The third kappa shape index (κ3) is 5.60. The highest BCUT2D eigenvalue weighted by Gasteiger charge is 2.23. The number of rotatable bonds is 6. The lowest BCUT2D eigenvalue weighted by atomic mass is 9.89. The summed E-state index contributed by atoms with van der Waals surface area (Å²) in [6, 6.07) is 21.2. The van der Waals surface area contributed by atoms with Gasteiger partial charge in [0.15, 0.2) is 0 Å². The molecule has 1 amide bonds. The Morgan fingerprint density at radius 1 is 0.950 bits per heavy atom. The van der Waals surface area contributed by atoms with E-state index in [4.69, 9.17) is 0 Å². The fourth-order valence-electron chi connectivity index (χ4n) is 6.38. The zero-order valence-corrected chi connectivity index (χ0v) is 25.0. The monoisotopic (exact) mass is 599 g/mol. The maximum absolute atomic E-state index is 13.3. The number of carbonyl (C=O) groups excluding carboxylic acids is 1. The molecule has 2 aliphatic rings. The van der Waals surface area contributed by atoms with Crippen molar-refractivity contribution in [3.8, 4) is 0 Å². The normalized spacial score (nSPS) is 17.4. The SMILES string of the molecule is CN(C(=O)c1ccc(C2CCN(Cc3cc4c(Br)ccnc4n3C)CC2)cc1)c1ccc(C2CCNCC2)cc1. The average molecular weight is 601 g/mol. The van der Waals surface area contributed by atoms with Crippen LogP contribution in [0.5, 0.6) is 0 Å². The number of pyridine rings is 1. The maximum atomic E-state index is 13.3. The Bertz CT molecular complexity index is 1470. The number of hydrogen-bond donors (Lipinski definition) is 1. The molecule has 0 atom stereocenters. The Kier molecular flexibility index (Phi) is 8.05. The van der Waals surface area contributed by atoms with Gasteiger partial charge < -0.3 is 14.8 Å². The first-order valence-electron chi connectivity index (χ1n) is 14.5. The molecule has 0 aliphatic carbocycles. The number of nitrogens with zero attached hydrogens (tertiary/aromatic N) is 4. The van der Waals surface area contributed by atoms with Gasteiger partial charge in [0.2, 0.25) is 0 Å². The van der Waals surface area contributed by atoms with Crippen molar-refractivity contribution < 1.29 is 4.79 Å². The van der Waals surface area contributed by atoms with Gasteiger partial charge >= 0.3 is 0 Å². The first-order valence-corrected chi connectivity index (χ1v) is 15.3. The van der Waals surface area contributed by atoms with E-state index in [-0.39, 0.29) is 5.91 Å². The topological polar surface area (TPSA) is 53.4 Å². The molecule has 0 radical (unpaired) electrons. The number of benzene rings is 2. The molecule has 0 unspecified atom stereocenters. The second-order valence-corrected chi connectivity index (χ2v) is 12.2. The predicted octanol–water partition coefficient (Wildman–Crippen LogP) is 6.46. The van der Waals surface area contributed by atoms with Gasteiger partial charge in [-0.3, -0.25) is 9.69 Å². The van der Waals surface area contributed by atoms with Crippen LogP contribution in [0.15, 0.2) is 71.3 Å². The minimum absolute atomic E-state index is 0.0343. The fraction of sp³-hybridized carbons (Fsp3) is 0.394. The largest absolute Gasteiger partial charge is 0.331 e. The highest BCUT2D eigenvalue weighted by Crippen LogP contribution is 2.31. The van der Waals surface area contributed by atoms with Crippen molar-refractivity contribution in [1.29, 1.82) is 0 Å². The van der Waals surface area contributed by atoms with Crippen LogP contribution >= 0.6 is 15.9 Å². The third-order valence-electron chi connectivity index (χ3n) is 8.97. The summed E-state index contributed by atoms with van der Waals surface area (Å²) in [6.07, 6.45) is 6.47.